The highest BCUT2D eigenvalue weighted by atomic mass is 16.1. The fourth-order valence-corrected chi connectivity index (χ4v) is 3.01. The number of hydrogen-bond acceptors (Lipinski definition) is 2. The molecule has 2 rings (SSSR count). The van der Waals surface area contributed by atoms with E-state index in [-0.39, 0.29) is 5.91 Å². The second kappa shape index (κ2) is 9.18. The number of hydrogen-bond donors (Lipinski definition) is 2. The molecule has 0 aliphatic carbocycles. The lowest BCUT2D eigenvalue weighted by Gasteiger charge is -2.34. The van der Waals surface area contributed by atoms with Gasteiger partial charge in [0.2, 0.25) is 5.91 Å². The summed E-state index contributed by atoms with van der Waals surface area (Å²) in [5.41, 5.74) is 1.33. The topological polar surface area (TPSA) is 56.7 Å². The van der Waals surface area contributed by atoms with E-state index in [9.17, 15) is 4.79 Å². The van der Waals surface area contributed by atoms with Crippen LogP contribution in [-0.4, -0.2) is 50.5 Å². The Morgan fingerprint density at radius 3 is 2.57 bits per heavy atom. The average Bonchev–Trinajstić information content (AvgIpc) is 2.60. The van der Waals surface area contributed by atoms with Crippen LogP contribution < -0.4 is 10.6 Å². The Hall–Kier alpha value is -2.04. The van der Waals surface area contributed by atoms with Gasteiger partial charge in [0.1, 0.15) is 0 Å². The van der Waals surface area contributed by atoms with E-state index >= 15 is 0 Å². The first-order valence-corrected chi connectivity index (χ1v) is 8.43. The van der Waals surface area contributed by atoms with Crippen LogP contribution in [0.15, 0.2) is 35.3 Å². The summed E-state index contributed by atoms with van der Waals surface area (Å²) in [6.45, 7) is 2.81. The summed E-state index contributed by atoms with van der Waals surface area (Å²) in [5, 5.41) is 6.16. The number of aliphatic imine (C=N–C) groups is 1. The first kappa shape index (κ1) is 17.3. The van der Waals surface area contributed by atoms with E-state index in [4.69, 9.17) is 0 Å². The molecule has 23 heavy (non-hydrogen) atoms. The molecular formula is C18H28N4O. The van der Waals surface area contributed by atoms with Gasteiger partial charge in [-0.2, -0.15) is 0 Å². The zero-order valence-corrected chi connectivity index (χ0v) is 14.2. The Balaban J connectivity index is 1.73. The molecule has 2 N–H and O–H groups in total. The van der Waals surface area contributed by atoms with Gasteiger partial charge in [-0.1, -0.05) is 30.3 Å². The normalized spacial score (nSPS) is 16.3. The summed E-state index contributed by atoms with van der Waals surface area (Å²) < 4.78 is 0. The Labute approximate surface area is 139 Å². The molecule has 5 heteroatoms. The number of piperidine rings is 1. The Morgan fingerprint density at radius 1 is 1.26 bits per heavy atom. The molecule has 1 aliphatic heterocycles. The predicted octanol–water partition coefficient (Wildman–Crippen LogP) is 1.65. The van der Waals surface area contributed by atoms with Crippen molar-refractivity contribution in [2.45, 2.75) is 25.7 Å². The van der Waals surface area contributed by atoms with Gasteiger partial charge in [0, 0.05) is 40.2 Å². The summed E-state index contributed by atoms with van der Waals surface area (Å²) in [6, 6.07) is 10.5. The molecule has 1 amide bonds. The van der Waals surface area contributed by atoms with Crippen LogP contribution in [0.4, 0.5) is 0 Å². The number of carbonyl (C=O) groups excluding carboxylic acids is 1. The quantitative estimate of drug-likeness (QED) is 0.641. The molecule has 0 radical (unpaired) electrons. The summed E-state index contributed by atoms with van der Waals surface area (Å²) >= 11 is 0. The maximum atomic E-state index is 11.5. The van der Waals surface area contributed by atoms with E-state index in [0.717, 1.165) is 44.9 Å². The largest absolute Gasteiger partial charge is 0.359 e. The van der Waals surface area contributed by atoms with Crippen LogP contribution in [0.25, 0.3) is 0 Å². The number of likely N-dealkylation sites (tertiary alicyclic amines) is 1. The average molecular weight is 316 g/mol. The lowest BCUT2D eigenvalue weighted by atomic mass is 9.93. The fourth-order valence-electron chi connectivity index (χ4n) is 3.01. The molecular weight excluding hydrogens is 288 g/mol. The van der Waals surface area contributed by atoms with Crippen molar-refractivity contribution >= 4 is 11.9 Å². The summed E-state index contributed by atoms with van der Waals surface area (Å²) in [7, 11) is 3.54. The number of rotatable bonds is 5. The standard InChI is InChI=1S/C18H28N4O/c1-19-17(23)14-16-9-12-22(13-10-16)18(20-2)21-11-8-15-6-4-3-5-7-15/h3-7,16H,8-14H2,1-2H3,(H,19,23)(H,20,21). The number of amides is 1. The molecule has 0 spiro atoms. The van der Waals surface area contributed by atoms with Crippen LogP contribution in [0.2, 0.25) is 0 Å². The van der Waals surface area contributed by atoms with Crippen LogP contribution in [0.5, 0.6) is 0 Å². The van der Waals surface area contributed by atoms with E-state index in [1.807, 2.05) is 13.1 Å². The van der Waals surface area contributed by atoms with Crippen molar-refractivity contribution in [3.8, 4) is 0 Å². The Bertz CT molecular complexity index is 507. The Kier molecular flexibility index (Phi) is 6.91. The molecule has 1 aromatic rings. The summed E-state index contributed by atoms with van der Waals surface area (Å²) in [5.74, 6) is 1.61. The van der Waals surface area contributed by atoms with Gasteiger partial charge in [0.25, 0.3) is 0 Å². The van der Waals surface area contributed by atoms with Gasteiger partial charge in [0.15, 0.2) is 5.96 Å². The molecule has 0 bridgehead atoms. The lowest BCUT2D eigenvalue weighted by Crippen LogP contribution is -2.46. The number of nitrogens with one attached hydrogen (secondary N) is 2. The minimum absolute atomic E-state index is 0.147. The van der Waals surface area contributed by atoms with Gasteiger partial charge in [-0.25, -0.2) is 0 Å². The van der Waals surface area contributed by atoms with Crippen LogP contribution in [-0.2, 0) is 11.2 Å². The molecule has 126 valence electrons. The van der Waals surface area contributed by atoms with Crippen LogP contribution in [0, 0.1) is 5.92 Å². The highest BCUT2D eigenvalue weighted by Crippen LogP contribution is 2.20. The maximum Gasteiger partial charge on any atom is 0.220 e. The lowest BCUT2D eigenvalue weighted by molar-refractivity contribution is -0.121. The zero-order chi connectivity index (χ0) is 16.5. The van der Waals surface area contributed by atoms with Gasteiger partial charge >= 0.3 is 0 Å². The van der Waals surface area contributed by atoms with Crippen molar-refractivity contribution in [3.05, 3.63) is 35.9 Å². The third-order valence-electron chi connectivity index (χ3n) is 4.42. The predicted molar refractivity (Wildman–Crippen MR) is 94.5 cm³/mol. The number of carbonyl (C=O) groups is 1. The first-order valence-electron chi connectivity index (χ1n) is 8.43. The van der Waals surface area contributed by atoms with Crippen molar-refractivity contribution in [2.75, 3.05) is 33.7 Å². The second-order valence-electron chi connectivity index (χ2n) is 6.02. The van der Waals surface area contributed by atoms with Gasteiger partial charge in [-0.15, -0.1) is 0 Å². The monoisotopic (exact) mass is 316 g/mol. The fraction of sp³-hybridized carbons (Fsp3) is 0.556. The maximum absolute atomic E-state index is 11.5. The van der Waals surface area contributed by atoms with E-state index in [2.05, 4.69) is 44.8 Å². The van der Waals surface area contributed by atoms with Crippen molar-refractivity contribution in [2.24, 2.45) is 10.9 Å². The van der Waals surface area contributed by atoms with E-state index < -0.39 is 0 Å². The smallest absolute Gasteiger partial charge is 0.220 e. The molecule has 0 aromatic heterocycles. The minimum Gasteiger partial charge on any atom is -0.359 e. The van der Waals surface area contributed by atoms with Crippen molar-refractivity contribution in [1.29, 1.82) is 0 Å². The van der Waals surface area contributed by atoms with E-state index in [1.54, 1.807) is 7.05 Å². The molecule has 0 unspecified atom stereocenters. The third-order valence-corrected chi connectivity index (χ3v) is 4.42. The summed E-state index contributed by atoms with van der Waals surface area (Å²) in [6.07, 6.45) is 3.73. The minimum atomic E-state index is 0.147. The van der Waals surface area contributed by atoms with Crippen LogP contribution in [0.3, 0.4) is 0 Å². The number of guanidine groups is 1. The molecule has 1 saturated heterocycles. The van der Waals surface area contributed by atoms with Crippen LogP contribution in [0.1, 0.15) is 24.8 Å². The molecule has 1 heterocycles. The third kappa shape index (κ3) is 5.58. The van der Waals surface area contributed by atoms with E-state index in [0.29, 0.717) is 12.3 Å². The Morgan fingerprint density at radius 2 is 1.96 bits per heavy atom. The SMILES string of the molecule is CN=C(NCCc1ccccc1)N1CCC(CC(=O)NC)CC1. The molecule has 0 saturated carbocycles. The summed E-state index contributed by atoms with van der Waals surface area (Å²) in [4.78, 5) is 18.2. The van der Waals surface area contributed by atoms with Crippen molar-refractivity contribution in [1.82, 2.24) is 15.5 Å². The first-order chi connectivity index (χ1) is 11.2. The second-order valence-corrected chi connectivity index (χ2v) is 6.02. The molecule has 0 atom stereocenters. The van der Waals surface area contributed by atoms with Crippen molar-refractivity contribution in [3.63, 3.8) is 0 Å². The van der Waals surface area contributed by atoms with E-state index in [1.165, 1.54) is 5.56 Å². The van der Waals surface area contributed by atoms with Gasteiger partial charge in [0.05, 0.1) is 0 Å². The van der Waals surface area contributed by atoms with Crippen molar-refractivity contribution < 1.29 is 4.79 Å². The van der Waals surface area contributed by atoms with Gasteiger partial charge in [-0.3, -0.25) is 9.79 Å². The zero-order valence-electron chi connectivity index (χ0n) is 14.2. The molecule has 1 aromatic carbocycles. The number of benzene rings is 1. The van der Waals surface area contributed by atoms with Gasteiger partial charge in [-0.05, 0) is 30.7 Å². The van der Waals surface area contributed by atoms with Crippen LogP contribution >= 0.6 is 0 Å². The van der Waals surface area contributed by atoms with Gasteiger partial charge < -0.3 is 15.5 Å². The highest BCUT2D eigenvalue weighted by Gasteiger charge is 2.22. The number of nitrogens with zero attached hydrogens (tertiary/aromatic N) is 2. The molecule has 1 fully saturated rings. The molecule has 1 aliphatic rings. The highest BCUT2D eigenvalue weighted by molar-refractivity contribution is 5.80. The molecule has 5 nitrogen and oxygen atoms in total.